The number of allylic oxidation sites excluding steroid dienone is 1. The number of ether oxygens (including phenoxy) is 2. The Labute approximate surface area is 473 Å². The number of fused-ring (bicyclic) bond motifs is 6. The highest BCUT2D eigenvalue weighted by Gasteiger charge is 2.78. The molecule has 6 fully saturated rings. The fourth-order valence-electron chi connectivity index (χ4n) is 21.5. The number of ketones is 2. The molecule has 5 saturated carbocycles. The molecule has 9 N–H and O–H groups in total. The molecule has 1 saturated heterocycles. The van der Waals surface area contributed by atoms with Crippen molar-refractivity contribution in [3.05, 3.63) is 122 Å². The first-order valence-electron chi connectivity index (χ1n) is 30.4. The van der Waals surface area contributed by atoms with Crippen LogP contribution in [0.25, 0.3) is 22.4 Å². The Bertz CT molecular complexity index is 3950. The van der Waals surface area contributed by atoms with Crippen LogP contribution in [0.3, 0.4) is 0 Å². The van der Waals surface area contributed by atoms with Crippen molar-refractivity contribution in [3.63, 3.8) is 0 Å². The number of aliphatic hydroxyl groups is 5. The highest BCUT2D eigenvalue weighted by Crippen LogP contribution is 2.79. The number of nitrogens with one attached hydrogen (secondary N) is 3. The van der Waals surface area contributed by atoms with E-state index in [1.807, 2.05) is 6.20 Å². The molecule has 420 valence electrons. The number of rotatable bonds is 1. The summed E-state index contributed by atoms with van der Waals surface area (Å²) in [5.74, 6) is 3.38. The summed E-state index contributed by atoms with van der Waals surface area (Å²) in [4.78, 5) is 48.3. The van der Waals surface area contributed by atoms with Crippen LogP contribution in [0, 0.1) is 51.8 Å². The molecule has 4 aliphatic heterocycles. The van der Waals surface area contributed by atoms with Crippen molar-refractivity contribution in [1.82, 2.24) is 19.9 Å². The molecule has 2 aromatic carbocycles. The molecule has 82 heavy (non-hydrogen) atoms. The van der Waals surface area contributed by atoms with Gasteiger partial charge in [0.1, 0.15) is 29.5 Å². The third-order valence-electron chi connectivity index (χ3n) is 24.6. The summed E-state index contributed by atoms with van der Waals surface area (Å²) < 4.78 is 15.1. The van der Waals surface area contributed by atoms with Gasteiger partial charge in [-0.1, -0.05) is 62.2 Å². The Morgan fingerprint density at radius 1 is 0.829 bits per heavy atom. The second-order valence-electron chi connectivity index (χ2n) is 28.0. The van der Waals surface area contributed by atoms with Gasteiger partial charge in [-0.15, -0.1) is 5.92 Å². The first-order chi connectivity index (χ1) is 39.6. The molecule has 0 unspecified atom stereocenters. The standard InChI is InChI=1S/C67H67N5O10/c1-33-23-37-45(41(73)24-33)53(76)48-42-25-36-34(46(48)52(37)75)11-22-69-58(36)70-29-44(74)64-31-61(14-4-5-15-61)39-9-8-17-63-16-6-7-18-65(63,43-28-68-32-71-43)55-35(10-19-63)47(50(39)64)51(72-55)38-26-66(81-42)56(78)54(77)57(79)67(82-66)49(38)40(64)27-62(59(67)80)21-20-60(30-62)12-2-3-13-60/h10-11,19,22-26,28,32,39,44,50,54,56-57,59,72-74,77-80H,2-7,12-18,20-21,27,29-31H2,1H3,(H,68,71)(H,69,70)/t39-,44+,50+,54-,56-,57+,59-,62+,63-,64+,65-,66-,67+/m1/s1. The number of carbonyl (C=O) groups excluding carboxylic acids is 2. The summed E-state index contributed by atoms with van der Waals surface area (Å²) in [6.45, 7) is 1.71. The summed E-state index contributed by atoms with van der Waals surface area (Å²) in [5, 5.41) is 84.8. The Morgan fingerprint density at radius 3 is 2.45 bits per heavy atom. The Kier molecular flexibility index (Phi) is 9.38. The van der Waals surface area contributed by atoms with E-state index < -0.39 is 81.1 Å². The number of carbonyl (C=O) groups is 2. The number of pyridine rings is 1. The van der Waals surface area contributed by atoms with Gasteiger partial charge in [-0.2, -0.15) is 0 Å². The van der Waals surface area contributed by atoms with E-state index in [1.165, 1.54) is 6.07 Å². The number of hydrogen-bond acceptors (Lipinski definition) is 13. The first-order valence-corrected chi connectivity index (χ1v) is 30.4. The van der Waals surface area contributed by atoms with E-state index in [9.17, 15) is 30.6 Å². The monoisotopic (exact) mass is 1100 g/mol. The van der Waals surface area contributed by atoms with Gasteiger partial charge in [-0.25, -0.2) is 9.97 Å². The maximum atomic E-state index is 15.5. The molecular formula is C67H67N5O10. The molecule has 13 atom stereocenters. The minimum absolute atomic E-state index is 0.0145. The zero-order chi connectivity index (χ0) is 55.5. The number of aromatic amines is 2. The topological polar surface area (TPSA) is 243 Å². The van der Waals surface area contributed by atoms with Crippen molar-refractivity contribution >= 4 is 39.8 Å². The van der Waals surface area contributed by atoms with E-state index in [0.717, 1.165) is 112 Å². The quantitative estimate of drug-likeness (QED) is 0.0702. The van der Waals surface area contributed by atoms with Crippen LogP contribution in [0.4, 0.5) is 5.82 Å². The van der Waals surface area contributed by atoms with E-state index >= 15 is 9.59 Å². The second kappa shape index (κ2) is 15.7. The van der Waals surface area contributed by atoms with Crippen LogP contribution in [0.5, 0.6) is 11.5 Å². The van der Waals surface area contributed by atoms with E-state index in [2.05, 4.69) is 44.3 Å². The van der Waals surface area contributed by atoms with Gasteiger partial charge in [0.05, 0.1) is 40.8 Å². The molecule has 15 heteroatoms. The van der Waals surface area contributed by atoms with Gasteiger partial charge >= 0.3 is 0 Å². The van der Waals surface area contributed by atoms with Gasteiger partial charge in [0, 0.05) is 92.5 Å². The summed E-state index contributed by atoms with van der Waals surface area (Å²) >= 11 is 0. The number of anilines is 1. The van der Waals surface area contributed by atoms with Crippen molar-refractivity contribution in [2.45, 2.75) is 176 Å². The highest BCUT2D eigenvalue weighted by molar-refractivity contribution is 6.34. The Hall–Kier alpha value is -6.38. The number of H-pyrrole nitrogens is 2. The minimum atomic E-state index is -2.49. The molecule has 0 amide bonds. The smallest absolute Gasteiger partial charge is 0.261 e. The predicted octanol–water partition coefficient (Wildman–Crippen LogP) is 8.62. The zero-order valence-corrected chi connectivity index (χ0v) is 46.0. The fourth-order valence-corrected chi connectivity index (χ4v) is 21.5. The lowest BCUT2D eigenvalue weighted by Gasteiger charge is -2.64. The van der Waals surface area contributed by atoms with Crippen LogP contribution in [-0.4, -0.2) is 111 Å². The highest BCUT2D eigenvalue weighted by atomic mass is 16.7. The second-order valence-corrected chi connectivity index (χ2v) is 28.0. The number of nitrogens with zero attached hydrogens (tertiary/aromatic N) is 2. The molecule has 20 rings (SSSR count). The van der Waals surface area contributed by atoms with Gasteiger partial charge in [0.2, 0.25) is 5.78 Å². The first kappa shape index (κ1) is 49.1. The molecular weight excluding hydrogens is 1030 g/mol. The maximum absolute atomic E-state index is 15.5. The molecule has 11 aliphatic carbocycles. The number of phenols is 1. The lowest BCUT2D eigenvalue weighted by Crippen LogP contribution is -2.79. The third kappa shape index (κ3) is 5.46. The summed E-state index contributed by atoms with van der Waals surface area (Å²) in [7, 11) is 0. The summed E-state index contributed by atoms with van der Waals surface area (Å²) in [6, 6.07) is 6.28. The number of aryl methyl sites for hydroxylation is 1. The van der Waals surface area contributed by atoms with E-state index in [1.54, 1.807) is 43.7 Å². The normalized spacial score (nSPS) is 39.5. The van der Waals surface area contributed by atoms with E-state index in [-0.39, 0.29) is 57.0 Å². The van der Waals surface area contributed by atoms with Crippen LogP contribution in [-0.2, 0) is 10.2 Å². The van der Waals surface area contributed by atoms with Gasteiger partial charge < -0.3 is 55.4 Å². The lowest BCUT2D eigenvalue weighted by atomic mass is 9.49. The van der Waals surface area contributed by atoms with E-state index in [4.69, 9.17) is 14.5 Å². The molecule has 0 radical (unpaired) electrons. The number of imidazole rings is 1. The van der Waals surface area contributed by atoms with Crippen molar-refractivity contribution in [3.8, 4) is 23.3 Å². The van der Waals surface area contributed by atoms with Gasteiger partial charge in [-0.05, 0) is 141 Å². The zero-order valence-electron chi connectivity index (χ0n) is 46.0. The molecule has 7 spiro atoms. The van der Waals surface area contributed by atoms with Crippen LogP contribution < -0.4 is 10.1 Å². The number of aromatic nitrogens is 4. The van der Waals surface area contributed by atoms with Gasteiger partial charge in [0.25, 0.3) is 5.79 Å². The van der Waals surface area contributed by atoms with Crippen molar-refractivity contribution in [2.75, 3.05) is 11.9 Å². The number of aliphatic hydroxyl groups excluding tert-OH is 5. The lowest BCUT2D eigenvalue weighted by molar-refractivity contribution is -0.366. The number of phenolic OH excluding ortho intramolecular Hbond substituents is 1. The Morgan fingerprint density at radius 2 is 1.63 bits per heavy atom. The predicted molar refractivity (Wildman–Crippen MR) is 301 cm³/mol. The largest absolute Gasteiger partial charge is 0.507 e. The number of aromatic hydroxyl groups is 1. The maximum Gasteiger partial charge on any atom is 0.261 e. The number of hydrogen-bond donors (Lipinski definition) is 9. The number of benzene rings is 2. The molecule has 7 heterocycles. The molecule has 5 aromatic rings. The van der Waals surface area contributed by atoms with Crippen LogP contribution in [0.2, 0.25) is 0 Å². The third-order valence-corrected chi connectivity index (χ3v) is 24.6. The minimum Gasteiger partial charge on any atom is -0.507 e. The SMILES string of the molecule is Cc1cc(O)c2c(c1)C(=O)c1c(c3cc4c(nccc14)NC[C@H](O)[C@@]14CC5(CCCC5)[C@@H]5C#CC[C@]67C=Cc8c([nH]c(c8[C@H]51)C1=C[C@@]5(O3)O[C@@]3(C1=C4C[C@]1(CCC4(CCCC4)C1)[C@H]3O)[C@@H](O)[C@H](O)[C@H]5O)[C@]6(c1cnc[nH]1)CCCC7)C2=O. The Balaban J connectivity index is 1.01. The average Bonchev–Trinajstić information content (AvgIpc) is 1.88. The van der Waals surface area contributed by atoms with Crippen LogP contribution >= 0.6 is 0 Å². The van der Waals surface area contributed by atoms with Crippen molar-refractivity contribution in [2.24, 2.45) is 33.0 Å². The summed E-state index contributed by atoms with van der Waals surface area (Å²) in [5.41, 5.74) is 0.832. The van der Waals surface area contributed by atoms with Gasteiger partial charge in [0.15, 0.2) is 17.5 Å². The fraction of sp³-hybridized carbons (Fsp3) is 0.522. The molecule has 15 nitrogen and oxygen atoms in total. The van der Waals surface area contributed by atoms with Gasteiger partial charge in [-0.3, -0.25) is 9.59 Å². The van der Waals surface area contributed by atoms with Crippen molar-refractivity contribution < 1.29 is 49.7 Å². The van der Waals surface area contributed by atoms with Crippen LogP contribution in [0.15, 0.2) is 66.3 Å². The molecule has 3 aromatic heterocycles. The van der Waals surface area contributed by atoms with E-state index in [0.29, 0.717) is 71.1 Å². The van der Waals surface area contributed by atoms with Crippen molar-refractivity contribution in [1.29, 1.82) is 0 Å². The summed E-state index contributed by atoms with van der Waals surface area (Å²) in [6.07, 6.45) is 18.3. The molecule has 15 aliphatic rings. The average molecular weight is 1100 g/mol. The van der Waals surface area contributed by atoms with Crippen LogP contribution in [0.1, 0.15) is 187 Å². The molecule has 12 bridgehead atoms.